The fourth-order valence-electron chi connectivity index (χ4n) is 0.832. The molecule has 0 aliphatic rings. The van der Waals surface area contributed by atoms with Crippen molar-refractivity contribution in [1.29, 1.82) is 0 Å². The van der Waals surface area contributed by atoms with E-state index in [9.17, 15) is 9.59 Å². The Morgan fingerprint density at radius 1 is 1.12 bits per heavy atom. The van der Waals surface area contributed by atoms with E-state index >= 15 is 0 Å². The summed E-state index contributed by atoms with van der Waals surface area (Å²) in [6.45, 7) is 5.17. The van der Waals surface area contributed by atoms with Gasteiger partial charge in [-0.05, 0) is 33.6 Å². The number of esters is 2. The van der Waals surface area contributed by atoms with Crippen LogP contribution in [0.2, 0.25) is 0 Å². The van der Waals surface area contributed by atoms with Crippen molar-refractivity contribution in [3.05, 3.63) is 0 Å². The molecule has 0 aromatic heterocycles. The lowest BCUT2D eigenvalue weighted by molar-refractivity contribution is -0.173. The molecule has 0 amide bonds. The molecule has 0 fully saturated rings. The first-order valence-electron chi connectivity index (χ1n) is 5.35. The quantitative estimate of drug-likeness (QED) is 0.394. The second kappa shape index (κ2) is 7.22. The second-order valence-electron chi connectivity index (χ2n) is 4.52. The zero-order valence-electron chi connectivity index (χ0n) is 10.2. The molecule has 5 heteroatoms. The van der Waals surface area contributed by atoms with Crippen LogP contribution in [-0.4, -0.2) is 25.3 Å². The molecule has 0 aliphatic heterocycles. The summed E-state index contributed by atoms with van der Waals surface area (Å²) in [6, 6.07) is 0. The number of hydrogen-bond donors (Lipinski definition) is 0. The van der Waals surface area contributed by atoms with Gasteiger partial charge in [0.05, 0.1) is 5.41 Å². The largest absolute Gasteiger partial charge is 0.428 e. The Kier molecular flexibility index (Phi) is 6.72. The minimum absolute atomic E-state index is 0.270. The molecular weight excluding hydrogens is 210 g/mol. The Morgan fingerprint density at radius 3 is 2.25 bits per heavy atom. The highest BCUT2D eigenvalue weighted by Gasteiger charge is 2.23. The van der Waals surface area contributed by atoms with Crippen molar-refractivity contribution in [3.63, 3.8) is 0 Å². The van der Waals surface area contributed by atoms with Crippen molar-refractivity contribution in [3.8, 4) is 0 Å². The minimum Gasteiger partial charge on any atom is -0.428 e. The van der Waals surface area contributed by atoms with Gasteiger partial charge in [-0.25, -0.2) is 0 Å². The van der Waals surface area contributed by atoms with Crippen LogP contribution in [0.4, 0.5) is 0 Å². The lowest BCUT2D eigenvalue weighted by atomic mass is 9.98. The first-order valence-corrected chi connectivity index (χ1v) is 5.35. The molecule has 0 saturated heterocycles. The lowest BCUT2D eigenvalue weighted by Gasteiger charge is -2.16. The highest BCUT2D eigenvalue weighted by Crippen LogP contribution is 2.14. The summed E-state index contributed by atoms with van der Waals surface area (Å²) in [6.07, 6.45) is 1.58. The van der Waals surface area contributed by atoms with E-state index in [1.807, 2.05) is 0 Å². The van der Waals surface area contributed by atoms with E-state index in [1.54, 1.807) is 20.8 Å². The van der Waals surface area contributed by atoms with Crippen LogP contribution in [0.5, 0.6) is 0 Å². The SMILES string of the molecule is CC(C)(C)C(=O)OCOC(=O)CCCC[NH]. The number of ether oxygens (including phenoxy) is 2. The molecule has 1 N–H and O–H groups in total. The third kappa shape index (κ3) is 7.23. The Balaban J connectivity index is 3.59. The first-order chi connectivity index (χ1) is 7.38. The summed E-state index contributed by atoms with van der Waals surface area (Å²) in [5.74, 6) is -0.790. The summed E-state index contributed by atoms with van der Waals surface area (Å²) in [5.41, 5.74) is 6.30. The predicted octanol–water partition coefficient (Wildman–Crippen LogP) is 1.53. The molecular formula is C11H20NO4. The van der Waals surface area contributed by atoms with E-state index in [0.29, 0.717) is 19.4 Å². The van der Waals surface area contributed by atoms with Crippen LogP contribution in [0.25, 0.3) is 0 Å². The van der Waals surface area contributed by atoms with Crippen molar-refractivity contribution < 1.29 is 19.1 Å². The Labute approximate surface area is 96.3 Å². The molecule has 16 heavy (non-hydrogen) atoms. The molecule has 0 rings (SSSR count). The second-order valence-corrected chi connectivity index (χ2v) is 4.52. The van der Waals surface area contributed by atoms with Crippen LogP contribution in [-0.2, 0) is 19.1 Å². The molecule has 0 heterocycles. The van der Waals surface area contributed by atoms with Gasteiger partial charge in [-0.3, -0.25) is 15.3 Å². The van der Waals surface area contributed by atoms with Crippen molar-refractivity contribution in [1.82, 2.24) is 5.73 Å². The van der Waals surface area contributed by atoms with Crippen molar-refractivity contribution in [2.45, 2.75) is 40.0 Å². The van der Waals surface area contributed by atoms with Crippen LogP contribution in [0.15, 0.2) is 0 Å². The van der Waals surface area contributed by atoms with E-state index < -0.39 is 17.4 Å². The fourth-order valence-corrected chi connectivity index (χ4v) is 0.832. The Hall–Kier alpha value is -1.10. The first kappa shape index (κ1) is 14.9. The number of carbonyl (C=O) groups is 2. The summed E-state index contributed by atoms with van der Waals surface area (Å²) in [7, 11) is 0. The summed E-state index contributed by atoms with van der Waals surface area (Å²) >= 11 is 0. The van der Waals surface area contributed by atoms with Crippen LogP contribution in [0.3, 0.4) is 0 Å². The van der Waals surface area contributed by atoms with Crippen molar-refractivity contribution in [2.75, 3.05) is 13.3 Å². The molecule has 0 saturated carbocycles. The summed E-state index contributed by atoms with van der Waals surface area (Å²) in [4.78, 5) is 22.3. The van der Waals surface area contributed by atoms with Crippen molar-refractivity contribution in [2.24, 2.45) is 5.41 Å². The van der Waals surface area contributed by atoms with Crippen LogP contribution in [0, 0.1) is 5.41 Å². The Bertz CT molecular complexity index is 233. The molecule has 0 aliphatic carbocycles. The van der Waals surface area contributed by atoms with Gasteiger partial charge in [0.2, 0.25) is 6.79 Å². The fraction of sp³-hybridized carbons (Fsp3) is 0.818. The monoisotopic (exact) mass is 230 g/mol. The van der Waals surface area contributed by atoms with Gasteiger partial charge in [0, 0.05) is 13.0 Å². The molecule has 1 radical (unpaired) electrons. The zero-order chi connectivity index (χ0) is 12.6. The van der Waals surface area contributed by atoms with Gasteiger partial charge in [-0.1, -0.05) is 0 Å². The number of unbranched alkanes of at least 4 members (excludes halogenated alkanes) is 1. The van der Waals surface area contributed by atoms with Gasteiger partial charge < -0.3 is 9.47 Å². The maximum absolute atomic E-state index is 11.3. The number of nitrogens with one attached hydrogen (secondary N) is 1. The lowest BCUT2D eigenvalue weighted by Crippen LogP contribution is -2.24. The van der Waals surface area contributed by atoms with Gasteiger partial charge in [0.15, 0.2) is 0 Å². The van der Waals surface area contributed by atoms with Crippen LogP contribution >= 0.6 is 0 Å². The Morgan fingerprint density at radius 2 is 1.75 bits per heavy atom. The highest BCUT2D eigenvalue weighted by molar-refractivity contribution is 5.75. The standard InChI is InChI=1S/C11H20NO4/c1-11(2,3)10(14)16-8-15-9(13)6-4-5-7-12/h12H,4-8H2,1-3H3. The molecule has 0 bridgehead atoms. The van der Waals surface area contributed by atoms with Crippen LogP contribution < -0.4 is 5.73 Å². The van der Waals surface area contributed by atoms with Crippen molar-refractivity contribution >= 4 is 11.9 Å². The van der Waals surface area contributed by atoms with E-state index in [2.05, 4.69) is 0 Å². The van der Waals surface area contributed by atoms with Gasteiger partial charge >= 0.3 is 11.9 Å². The smallest absolute Gasteiger partial charge is 0.314 e. The van der Waals surface area contributed by atoms with Gasteiger partial charge in [0.1, 0.15) is 0 Å². The minimum atomic E-state index is -0.586. The molecule has 93 valence electrons. The third-order valence-electron chi connectivity index (χ3n) is 1.83. The van der Waals surface area contributed by atoms with E-state index in [-0.39, 0.29) is 13.2 Å². The maximum Gasteiger partial charge on any atom is 0.314 e. The van der Waals surface area contributed by atoms with Crippen LogP contribution in [0.1, 0.15) is 40.0 Å². The summed E-state index contributed by atoms with van der Waals surface area (Å²) in [5, 5.41) is 0. The van der Waals surface area contributed by atoms with Gasteiger partial charge in [-0.2, -0.15) is 0 Å². The number of hydrogen-bond acceptors (Lipinski definition) is 4. The van der Waals surface area contributed by atoms with E-state index in [4.69, 9.17) is 15.2 Å². The highest BCUT2D eigenvalue weighted by atomic mass is 16.7. The molecule has 5 nitrogen and oxygen atoms in total. The van der Waals surface area contributed by atoms with Gasteiger partial charge in [0.25, 0.3) is 0 Å². The average molecular weight is 230 g/mol. The predicted molar refractivity (Wildman–Crippen MR) is 58.3 cm³/mol. The zero-order valence-corrected chi connectivity index (χ0v) is 10.2. The number of carbonyl (C=O) groups excluding carboxylic acids is 2. The molecule has 0 atom stereocenters. The van der Waals surface area contributed by atoms with E-state index in [0.717, 1.165) is 0 Å². The molecule has 0 aromatic carbocycles. The maximum atomic E-state index is 11.3. The summed E-state index contributed by atoms with van der Waals surface area (Å²) < 4.78 is 9.48. The average Bonchev–Trinajstić information content (AvgIpc) is 2.16. The third-order valence-corrected chi connectivity index (χ3v) is 1.83. The van der Waals surface area contributed by atoms with Gasteiger partial charge in [-0.15, -0.1) is 0 Å². The normalized spacial score (nSPS) is 11.0. The topological polar surface area (TPSA) is 76.4 Å². The molecule has 0 aromatic rings. The molecule has 0 spiro atoms. The van der Waals surface area contributed by atoms with E-state index in [1.165, 1.54) is 0 Å². The number of rotatable bonds is 6. The molecule has 0 unspecified atom stereocenters.